The van der Waals surface area contributed by atoms with Gasteiger partial charge in [0.2, 0.25) is 0 Å². The molecule has 0 unspecified atom stereocenters. The number of pyridine rings is 1. The molecule has 0 fully saturated rings. The van der Waals surface area contributed by atoms with Crippen LogP contribution in [0.1, 0.15) is 32.8 Å². The Hall–Kier alpha value is -2.73. The second-order valence-electron chi connectivity index (χ2n) is 5.59. The molecular formula is C20H23N5S. The number of rotatable bonds is 5. The number of nitrogens with zero attached hydrogens (tertiary/aromatic N) is 3. The van der Waals surface area contributed by atoms with Gasteiger partial charge in [0, 0.05) is 34.9 Å². The van der Waals surface area contributed by atoms with E-state index in [1.807, 2.05) is 43.8 Å². The third-order valence-electron chi connectivity index (χ3n) is 3.92. The van der Waals surface area contributed by atoms with Crippen molar-refractivity contribution in [2.45, 2.75) is 33.6 Å². The number of thiazole rings is 1. The molecule has 4 rings (SSSR count). The zero-order valence-corrected chi connectivity index (χ0v) is 16.1. The van der Waals surface area contributed by atoms with E-state index in [-0.39, 0.29) is 0 Å². The van der Waals surface area contributed by atoms with Crippen LogP contribution < -0.4 is 5.32 Å². The van der Waals surface area contributed by atoms with Gasteiger partial charge in [0.1, 0.15) is 0 Å². The van der Waals surface area contributed by atoms with Crippen molar-refractivity contribution in [2.24, 2.45) is 0 Å². The average Bonchev–Trinajstić information content (AvgIpc) is 3.35. The summed E-state index contributed by atoms with van der Waals surface area (Å²) in [5, 5.41) is 14.8. The van der Waals surface area contributed by atoms with Crippen molar-refractivity contribution in [3.63, 3.8) is 0 Å². The highest BCUT2D eigenvalue weighted by Crippen LogP contribution is 2.33. The van der Waals surface area contributed by atoms with Gasteiger partial charge in [0.05, 0.1) is 5.52 Å². The Labute approximate surface area is 157 Å². The number of hydrogen-bond acceptors (Lipinski definition) is 5. The topological polar surface area (TPSA) is 66.5 Å². The molecule has 0 aliphatic carbocycles. The Balaban J connectivity index is 0.000000948. The third kappa shape index (κ3) is 3.75. The van der Waals surface area contributed by atoms with Gasteiger partial charge in [-0.15, -0.1) is 11.3 Å². The first-order valence-corrected chi connectivity index (χ1v) is 9.81. The van der Waals surface area contributed by atoms with Gasteiger partial charge in [0.15, 0.2) is 10.9 Å². The van der Waals surface area contributed by atoms with E-state index in [0.717, 1.165) is 45.8 Å². The summed E-state index contributed by atoms with van der Waals surface area (Å²) in [5.41, 5.74) is 4.62. The highest BCUT2D eigenvalue weighted by Gasteiger charge is 2.13. The fourth-order valence-electron chi connectivity index (χ4n) is 2.86. The fourth-order valence-corrected chi connectivity index (χ4v) is 3.38. The Kier molecular flexibility index (Phi) is 5.96. The lowest BCUT2D eigenvalue weighted by Crippen LogP contribution is -1.91. The van der Waals surface area contributed by atoms with Crippen LogP contribution in [-0.2, 0) is 6.42 Å². The Morgan fingerprint density at radius 1 is 1.12 bits per heavy atom. The van der Waals surface area contributed by atoms with Crippen LogP contribution in [0.2, 0.25) is 0 Å². The van der Waals surface area contributed by atoms with E-state index >= 15 is 0 Å². The molecule has 26 heavy (non-hydrogen) atoms. The van der Waals surface area contributed by atoms with Crippen molar-refractivity contribution >= 4 is 33.2 Å². The monoisotopic (exact) mass is 365 g/mol. The molecule has 6 heteroatoms. The third-order valence-corrected chi connectivity index (χ3v) is 4.61. The molecule has 0 aliphatic rings. The lowest BCUT2D eigenvalue weighted by Gasteiger charge is -2.08. The van der Waals surface area contributed by atoms with E-state index in [2.05, 4.69) is 44.5 Å². The van der Waals surface area contributed by atoms with Gasteiger partial charge in [0.25, 0.3) is 0 Å². The Morgan fingerprint density at radius 2 is 1.92 bits per heavy atom. The van der Waals surface area contributed by atoms with E-state index < -0.39 is 0 Å². The number of benzene rings is 1. The number of H-pyrrole nitrogens is 1. The highest BCUT2D eigenvalue weighted by molar-refractivity contribution is 7.13. The quantitative estimate of drug-likeness (QED) is 0.469. The van der Waals surface area contributed by atoms with E-state index in [0.29, 0.717) is 0 Å². The van der Waals surface area contributed by atoms with Gasteiger partial charge < -0.3 is 5.32 Å². The summed E-state index contributed by atoms with van der Waals surface area (Å²) < 4.78 is 0. The molecule has 0 amide bonds. The fraction of sp³-hybridized carbons (Fsp3) is 0.250. The summed E-state index contributed by atoms with van der Waals surface area (Å²) in [6, 6.07) is 8.51. The van der Waals surface area contributed by atoms with E-state index in [4.69, 9.17) is 0 Å². The van der Waals surface area contributed by atoms with Crippen molar-refractivity contribution in [1.82, 2.24) is 20.2 Å². The minimum absolute atomic E-state index is 0.813. The highest BCUT2D eigenvalue weighted by atomic mass is 32.1. The number of hydrogen-bond donors (Lipinski definition) is 2. The maximum atomic E-state index is 4.47. The summed E-state index contributed by atoms with van der Waals surface area (Å²) in [6.45, 7) is 6.19. The van der Waals surface area contributed by atoms with Crippen molar-refractivity contribution in [1.29, 1.82) is 0 Å². The summed E-state index contributed by atoms with van der Waals surface area (Å²) in [7, 11) is 0. The first kappa shape index (κ1) is 18.1. The van der Waals surface area contributed by atoms with Crippen molar-refractivity contribution in [3.8, 4) is 11.1 Å². The molecule has 1 aromatic carbocycles. The van der Waals surface area contributed by atoms with Gasteiger partial charge in [-0.3, -0.25) is 10.1 Å². The van der Waals surface area contributed by atoms with Crippen LogP contribution in [-0.4, -0.2) is 20.2 Å². The molecule has 2 N–H and O–H groups in total. The lowest BCUT2D eigenvalue weighted by molar-refractivity contribution is 0.924. The number of fused-ring (bicyclic) bond motifs is 1. The van der Waals surface area contributed by atoms with Crippen LogP contribution in [0.5, 0.6) is 0 Å². The predicted octanol–water partition coefficient (Wildman–Crippen LogP) is 5.80. The zero-order chi connectivity index (χ0) is 18.4. The minimum Gasteiger partial charge on any atom is -0.314 e. The first-order valence-electron chi connectivity index (χ1n) is 8.93. The van der Waals surface area contributed by atoms with Crippen LogP contribution >= 0.6 is 11.3 Å². The molecule has 3 aromatic heterocycles. The van der Waals surface area contributed by atoms with Crippen LogP contribution in [0.3, 0.4) is 0 Å². The summed E-state index contributed by atoms with van der Waals surface area (Å²) in [6.07, 6.45) is 7.56. The maximum Gasteiger partial charge on any atom is 0.188 e. The molecular weight excluding hydrogens is 342 g/mol. The van der Waals surface area contributed by atoms with E-state index in [9.17, 15) is 0 Å². The summed E-state index contributed by atoms with van der Waals surface area (Å²) >= 11 is 1.56. The lowest BCUT2D eigenvalue weighted by atomic mass is 9.98. The normalized spacial score (nSPS) is 10.4. The van der Waals surface area contributed by atoms with Gasteiger partial charge in [-0.1, -0.05) is 27.2 Å². The van der Waals surface area contributed by atoms with E-state index in [1.165, 1.54) is 5.56 Å². The van der Waals surface area contributed by atoms with Gasteiger partial charge >= 0.3 is 0 Å². The molecule has 0 bridgehead atoms. The Bertz CT molecular complexity index is 945. The van der Waals surface area contributed by atoms with Crippen molar-refractivity contribution in [2.75, 3.05) is 5.32 Å². The number of aromatic nitrogens is 4. The first-order chi connectivity index (χ1) is 12.8. The molecule has 4 aromatic rings. The van der Waals surface area contributed by atoms with Gasteiger partial charge in [-0.2, -0.15) is 5.10 Å². The van der Waals surface area contributed by atoms with Crippen molar-refractivity contribution < 1.29 is 0 Å². The molecule has 0 saturated carbocycles. The molecule has 0 spiro atoms. The van der Waals surface area contributed by atoms with Crippen molar-refractivity contribution in [3.05, 3.63) is 53.8 Å². The Morgan fingerprint density at radius 3 is 2.62 bits per heavy atom. The standard InChI is InChI=1S/C18H17N5S.C2H6/c1-2-3-12-10-14(13-4-6-19-7-5-13)16-15(11-12)17(23-22-16)21-18-20-8-9-24-18;1-2/h4-11H,2-3H2,1H3,(H2,20,21,22,23);1-2H3. The molecule has 5 nitrogen and oxygen atoms in total. The van der Waals surface area contributed by atoms with Crippen LogP contribution in [0.15, 0.2) is 48.2 Å². The van der Waals surface area contributed by atoms with E-state index in [1.54, 1.807) is 17.5 Å². The van der Waals surface area contributed by atoms with Crippen LogP contribution in [0.4, 0.5) is 10.9 Å². The van der Waals surface area contributed by atoms with Gasteiger partial charge in [-0.25, -0.2) is 4.98 Å². The number of anilines is 2. The molecule has 0 atom stereocenters. The summed E-state index contributed by atoms with van der Waals surface area (Å²) in [4.78, 5) is 8.40. The molecule has 0 aliphatic heterocycles. The largest absolute Gasteiger partial charge is 0.314 e. The molecule has 0 radical (unpaired) electrons. The number of aryl methyl sites for hydroxylation is 1. The maximum absolute atomic E-state index is 4.47. The predicted molar refractivity (Wildman–Crippen MR) is 110 cm³/mol. The number of nitrogens with one attached hydrogen (secondary N) is 2. The van der Waals surface area contributed by atoms with Gasteiger partial charge in [-0.05, 0) is 41.8 Å². The second kappa shape index (κ2) is 8.58. The molecule has 134 valence electrons. The van der Waals surface area contributed by atoms with Crippen LogP contribution in [0.25, 0.3) is 22.0 Å². The smallest absolute Gasteiger partial charge is 0.188 e. The van der Waals surface area contributed by atoms with Crippen LogP contribution in [0, 0.1) is 0 Å². The SMILES string of the molecule is CC.CCCc1cc(-c2ccncc2)c2[nH]nc(Nc3nccs3)c2c1. The molecule has 3 heterocycles. The second-order valence-corrected chi connectivity index (χ2v) is 6.48. The average molecular weight is 366 g/mol. The zero-order valence-electron chi connectivity index (χ0n) is 15.3. The molecule has 0 saturated heterocycles. The minimum atomic E-state index is 0.813. The summed E-state index contributed by atoms with van der Waals surface area (Å²) in [5.74, 6) is 0.813. The number of aromatic amines is 1.